The quantitative estimate of drug-likeness (QED) is 0.287. The average molecular weight is 468 g/mol. The Kier molecular flexibility index (Phi) is 8.24. The van der Waals surface area contributed by atoms with Gasteiger partial charge in [0, 0.05) is 6.07 Å². The minimum atomic E-state index is -0.506. The van der Waals surface area contributed by atoms with Crippen molar-refractivity contribution in [1.29, 1.82) is 0 Å². The molecule has 1 N–H and O–H groups in total. The highest BCUT2D eigenvalue weighted by Gasteiger charge is 2.30. The Morgan fingerprint density at radius 3 is 2.12 bits per heavy atom. The van der Waals surface area contributed by atoms with Crippen LogP contribution in [-0.4, -0.2) is 23.7 Å². The topological polar surface area (TPSA) is 93.8 Å². The van der Waals surface area contributed by atoms with Gasteiger partial charge in [0.15, 0.2) is 12.4 Å². The van der Waals surface area contributed by atoms with Gasteiger partial charge in [-0.2, -0.15) is 5.10 Å². The molecule has 0 aliphatic rings. The number of nitro benzene ring substituents is 1. The van der Waals surface area contributed by atoms with Gasteiger partial charge in [0.05, 0.1) is 11.1 Å². The fourth-order valence-electron chi connectivity index (χ4n) is 4.05. The van der Waals surface area contributed by atoms with E-state index in [1.807, 2.05) is 30.3 Å². The monoisotopic (exact) mass is 467 g/mol. The first-order valence-electron chi connectivity index (χ1n) is 11.4. The zero-order chi connectivity index (χ0) is 25.7. The van der Waals surface area contributed by atoms with Gasteiger partial charge in [0.2, 0.25) is 0 Å². The molecule has 0 atom stereocenters. The van der Waals surface area contributed by atoms with Crippen LogP contribution in [0.2, 0.25) is 0 Å². The molecule has 0 fully saturated rings. The first-order valence-corrected chi connectivity index (χ1v) is 11.4. The van der Waals surface area contributed by atoms with Crippen LogP contribution in [0.5, 0.6) is 5.75 Å². The smallest absolute Gasteiger partial charge is 0.311 e. The van der Waals surface area contributed by atoms with Crippen LogP contribution >= 0.6 is 0 Å². The third-order valence-electron chi connectivity index (χ3n) is 5.45. The van der Waals surface area contributed by atoms with Crippen LogP contribution < -0.4 is 10.2 Å². The van der Waals surface area contributed by atoms with Gasteiger partial charge in [-0.05, 0) is 45.4 Å². The zero-order valence-corrected chi connectivity index (χ0v) is 21.6. The summed E-state index contributed by atoms with van der Waals surface area (Å²) in [5, 5.41) is 15.6. The van der Waals surface area contributed by atoms with Crippen LogP contribution in [0.4, 0.5) is 5.69 Å². The minimum Gasteiger partial charge on any atom is -0.477 e. The molecule has 7 heteroatoms. The SMILES string of the molecule is CC(C)(C)CC(C)(C)c1ccc(OCC(=O)N/N=C\c2ccc(C(C)(C)C)cc2)c([N+](=O)[O-])c1. The predicted molar refractivity (Wildman–Crippen MR) is 137 cm³/mol. The van der Waals surface area contributed by atoms with Crippen LogP contribution in [0.3, 0.4) is 0 Å². The van der Waals surface area contributed by atoms with E-state index in [4.69, 9.17) is 4.74 Å². The van der Waals surface area contributed by atoms with Gasteiger partial charge >= 0.3 is 5.69 Å². The number of hydrogen-bond donors (Lipinski definition) is 1. The van der Waals surface area contributed by atoms with E-state index in [1.54, 1.807) is 18.3 Å². The molecule has 0 unspecified atom stereocenters. The van der Waals surface area contributed by atoms with Crippen molar-refractivity contribution >= 4 is 17.8 Å². The van der Waals surface area contributed by atoms with E-state index in [1.165, 1.54) is 5.56 Å². The molecular formula is C27H37N3O4. The molecule has 34 heavy (non-hydrogen) atoms. The summed E-state index contributed by atoms with van der Waals surface area (Å²) < 4.78 is 5.46. The van der Waals surface area contributed by atoms with Crippen molar-refractivity contribution in [1.82, 2.24) is 5.43 Å². The number of hydrogen-bond acceptors (Lipinski definition) is 5. The van der Waals surface area contributed by atoms with Crippen molar-refractivity contribution in [2.45, 2.75) is 72.6 Å². The summed E-state index contributed by atoms with van der Waals surface area (Å²) in [6.07, 6.45) is 2.40. The fourth-order valence-corrected chi connectivity index (χ4v) is 4.05. The Hall–Kier alpha value is -3.22. The maximum atomic E-state index is 12.1. The average Bonchev–Trinajstić information content (AvgIpc) is 2.70. The van der Waals surface area contributed by atoms with Gasteiger partial charge < -0.3 is 4.74 Å². The summed E-state index contributed by atoms with van der Waals surface area (Å²) in [5.41, 5.74) is 5.02. The molecule has 1 amide bonds. The molecule has 0 bridgehead atoms. The summed E-state index contributed by atoms with van der Waals surface area (Å²) in [4.78, 5) is 23.3. The molecule has 0 saturated carbocycles. The number of ether oxygens (including phenoxy) is 1. The summed E-state index contributed by atoms with van der Waals surface area (Å²) in [6, 6.07) is 12.8. The number of carbonyl (C=O) groups is 1. The van der Waals surface area contributed by atoms with E-state index >= 15 is 0 Å². The highest BCUT2D eigenvalue weighted by molar-refractivity contribution is 5.83. The molecule has 2 rings (SSSR count). The van der Waals surface area contributed by atoms with Gasteiger partial charge in [-0.25, -0.2) is 5.43 Å². The van der Waals surface area contributed by atoms with E-state index < -0.39 is 10.8 Å². The Labute approximate surface area is 202 Å². The second kappa shape index (κ2) is 10.4. The molecule has 0 heterocycles. The van der Waals surface area contributed by atoms with Crippen molar-refractivity contribution in [3.63, 3.8) is 0 Å². The number of nitrogens with one attached hydrogen (secondary N) is 1. The number of rotatable bonds is 8. The molecule has 0 aliphatic heterocycles. The number of amides is 1. The maximum Gasteiger partial charge on any atom is 0.311 e. The van der Waals surface area contributed by atoms with Crippen LogP contribution in [0.1, 0.15) is 78.5 Å². The number of carbonyl (C=O) groups excluding carboxylic acids is 1. The molecule has 0 radical (unpaired) electrons. The number of hydrazone groups is 1. The van der Waals surface area contributed by atoms with Gasteiger partial charge in [-0.3, -0.25) is 14.9 Å². The fraction of sp³-hybridized carbons (Fsp3) is 0.481. The summed E-state index contributed by atoms with van der Waals surface area (Å²) in [7, 11) is 0. The molecule has 2 aromatic rings. The van der Waals surface area contributed by atoms with E-state index in [2.05, 4.69) is 65.9 Å². The van der Waals surface area contributed by atoms with Crippen LogP contribution in [0.25, 0.3) is 0 Å². The molecule has 7 nitrogen and oxygen atoms in total. The van der Waals surface area contributed by atoms with Crippen molar-refractivity contribution < 1.29 is 14.5 Å². The van der Waals surface area contributed by atoms with Crippen LogP contribution in [0.15, 0.2) is 47.6 Å². The Balaban J connectivity index is 2.02. The van der Waals surface area contributed by atoms with Crippen LogP contribution in [-0.2, 0) is 15.6 Å². The molecule has 0 saturated heterocycles. The highest BCUT2D eigenvalue weighted by atomic mass is 16.6. The maximum absolute atomic E-state index is 12.1. The van der Waals surface area contributed by atoms with E-state index in [-0.39, 0.29) is 34.3 Å². The lowest BCUT2D eigenvalue weighted by Gasteiger charge is -2.33. The molecule has 0 aromatic heterocycles. The third-order valence-corrected chi connectivity index (χ3v) is 5.45. The first kappa shape index (κ1) is 27.0. The van der Waals surface area contributed by atoms with Crippen molar-refractivity contribution in [3.8, 4) is 5.75 Å². The summed E-state index contributed by atoms with van der Waals surface area (Å²) >= 11 is 0. The predicted octanol–water partition coefficient (Wildman–Crippen LogP) is 6.14. The number of nitro groups is 1. The normalized spacial score (nSPS) is 12.6. The lowest BCUT2D eigenvalue weighted by molar-refractivity contribution is -0.385. The Morgan fingerprint density at radius 2 is 1.59 bits per heavy atom. The van der Waals surface area contributed by atoms with Gasteiger partial charge in [0.25, 0.3) is 5.91 Å². The van der Waals surface area contributed by atoms with E-state index in [9.17, 15) is 14.9 Å². The number of benzene rings is 2. The van der Waals surface area contributed by atoms with E-state index in [0.29, 0.717) is 0 Å². The zero-order valence-electron chi connectivity index (χ0n) is 21.6. The van der Waals surface area contributed by atoms with Crippen LogP contribution in [0, 0.1) is 15.5 Å². The van der Waals surface area contributed by atoms with Crippen molar-refractivity contribution in [2.75, 3.05) is 6.61 Å². The second-order valence-corrected chi connectivity index (χ2v) is 11.5. The Morgan fingerprint density at radius 1 is 1.00 bits per heavy atom. The third kappa shape index (κ3) is 7.97. The number of nitrogens with zero attached hydrogens (tertiary/aromatic N) is 2. The summed E-state index contributed by atoms with van der Waals surface area (Å²) in [6.45, 7) is 16.6. The minimum absolute atomic E-state index is 0.0530. The lowest BCUT2D eigenvalue weighted by atomic mass is 9.72. The lowest BCUT2D eigenvalue weighted by Crippen LogP contribution is -2.26. The van der Waals surface area contributed by atoms with Gasteiger partial charge in [0.1, 0.15) is 0 Å². The first-order chi connectivity index (χ1) is 15.6. The van der Waals surface area contributed by atoms with E-state index in [0.717, 1.165) is 17.5 Å². The highest BCUT2D eigenvalue weighted by Crippen LogP contribution is 2.39. The molecule has 0 spiro atoms. The largest absolute Gasteiger partial charge is 0.477 e. The molecular weight excluding hydrogens is 430 g/mol. The summed E-state index contributed by atoms with van der Waals surface area (Å²) in [5.74, 6) is -0.453. The standard InChI is InChI=1S/C27H37N3O4/c1-25(2,3)18-27(7,8)21-13-14-23(22(15-21)30(32)33)34-17-24(31)29-28-16-19-9-11-20(12-10-19)26(4,5)6/h9-16H,17-18H2,1-8H3,(H,29,31)/b28-16-. The van der Waals surface area contributed by atoms with Crippen molar-refractivity contribution in [3.05, 3.63) is 69.3 Å². The van der Waals surface area contributed by atoms with Crippen molar-refractivity contribution in [2.24, 2.45) is 10.5 Å². The Bertz CT molecular complexity index is 1040. The molecule has 0 aliphatic carbocycles. The molecule has 2 aromatic carbocycles. The van der Waals surface area contributed by atoms with Gasteiger partial charge in [-0.1, -0.05) is 85.7 Å². The van der Waals surface area contributed by atoms with Gasteiger partial charge in [-0.15, -0.1) is 0 Å². The molecule has 184 valence electrons. The second-order valence-electron chi connectivity index (χ2n) is 11.5.